The Hall–Kier alpha value is -0.530. The van der Waals surface area contributed by atoms with Gasteiger partial charge in [-0.2, -0.15) is 0 Å². The van der Waals surface area contributed by atoms with E-state index < -0.39 is 5.54 Å². The number of carbonyl (C=O) groups excluding carboxylic acids is 1. The second-order valence-electron chi connectivity index (χ2n) is 3.67. The van der Waals surface area contributed by atoms with Crippen LogP contribution in [0.4, 0.5) is 0 Å². The van der Waals surface area contributed by atoms with Crippen molar-refractivity contribution in [1.82, 2.24) is 5.32 Å². The molecule has 0 aromatic rings. The second-order valence-corrected chi connectivity index (χ2v) is 4.07. The molecule has 1 fully saturated rings. The SMILES string of the molecule is O=C(C#CBr)NC1(CO)CCCCC1. The van der Waals surface area contributed by atoms with Gasteiger partial charge in [0.05, 0.1) is 12.1 Å². The van der Waals surface area contributed by atoms with E-state index in [9.17, 15) is 9.90 Å². The summed E-state index contributed by atoms with van der Waals surface area (Å²) in [5.74, 6) is 2.04. The largest absolute Gasteiger partial charge is 0.394 e. The number of aliphatic hydroxyl groups excluding tert-OH is 1. The van der Waals surface area contributed by atoms with Gasteiger partial charge in [0.2, 0.25) is 0 Å². The van der Waals surface area contributed by atoms with Crippen molar-refractivity contribution in [2.75, 3.05) is 6.61 Å². The predicted octanol–water partition coefficient (Wildman–Crippen LogP) is 1.15. The summed E-state index contributed by atoms with van der Waals surface area (Å²) in [6.07, 6.45) is 4.99. The van der Waals surface area contributed by atoms with Crippen LogP contribution in [0.5, 0.6) is 0 Å². The summed E-state index contributed by atoms with van der Waals surface area (Å²) >= 11 is 2.87. The standard InChI is InChI=1S/C10H14BrNO2/c11-7-4-9(14)12-10(8-13)5-2-1-3-6-10/h13H,1-3,5-6,8H2,(H,12,14). The van der Waals surface area contributed by atoms with Gasteiger partial charge in [-0.1, -0.05) is 19.3 Å². The number of rotatable bonds is 2. The molecule has 1 aliphatic carbocycles. The van der Waals surface area contributed by atoms with Crippen molar-refractivity contribution in [3.05, 3.63) is 0 Å². The van der Waals surface area contributed by atoms with Crippen LogP contribution in [0.1, 0.15) is 32.1 Å². The van der Waals surface area contributed by atoms with E-state index in [1.807, 2.05) is 0 Å². The first-order valence-electron chi connectivity index (χ1n) is 4.77. The molecule has 1 rings (SSSR count). The zero-order valence-corrected chi connectivity index (χ0v) is 9.56. The highest BCUT2D eigenvalue weighted by atomic mass is 79.9. The maximum atomic E-state index is 11.2. The Labute approximate surface area is 92.4 Å². The molecule has 3 nitrogen and oxygen atoms in total. The molecule has 0 aromatic heterocycles. The second kappa shape index (κ2) is 5.38. The van der Waals surface area contributed by atoms with E-state index in [1.165, 1.54) is 6.42 Å². The molecule has 0 aromatic carbocycles. The van der Waals surface area contributed by atoms with Crippen molar-refractivity contribution in [3.8, 4) is 10.8 Å². The van der Waals surface area contributed by atoms with Gasteiger partial charge in [0, 0.05) is 21.9 Å². The first-order chi connectivity index (χ1) is 6.72. The van der Waals surface area contributed by atoms with E-state index in [4.69, 9.17) is 0 Å². The summed E-state index contributed by atoms with van der Waals surface area (Å²) in [5, 5.41) is 12.1. The van der Waals surface area contributed by atoms with Crippen LogP contribution in [-0.4, -0.2) is 23.2 Å². The van der Waals surface area contributed by atoms with Crippen LogP contribution >= 0.6 is 15.9 Å². The highest BCUT2D eigenvalue weighted by Crippen LogP contribution is 2.27. The summed E-state index contributed by atoms with van der Waals surface area (Å²) in [4.78, 5) is 13.6. The number of nitrogens with one attached hydrogen (secondary N) is 1. The van der Waals surface area contributed by atoms with Gasteiger partial charge >= 0.3 is 0 Å². The third-order valence-corrected chi connectivity index (χ3v) is 2.85. The quantitative estimate of drug-likeness (QED) is 0.732. The molecule has 0 heterocycles. The van der Waals surface area contributed by atoms with Crippen molar-refractivity contribution in [2.45, 2.75) is 37.6 Å². The Morgan fingerprint density at radius 1 is 1.43 bits per heavy atom. The van der Waals surface area contributed by atoms with Crippen LogP contribution < -0.4 is 5.32 Å². The Kier molecular flexibility index (Phi) is 4.43. The van der Waals surface area contributed by atoms with Crippen molar-refractivity contribution < 1.29 is 9.90 Å². The lowest BCUT2D eigenvalue weighted by atomic mass is 9.82. The van der Waals surface area contributed by atoms with Crippen molar-refractivity contribution >= 4 is 21.8 Å². The van der Waals surface area contributed by atoms with E-state index in [0.29, 0.717) is 0 Å². The monoisotopic (exact) mass is 259 g/mol. The Morgan fingerprint density at radius 2 is 2.07 bits per heavy atom. The lowest BCUT2D eigenvalue weighted by Crippen LogP contribution is -2.52. The zero-order chi connectivity index (χ0) is 10.4. The van der Waals surface area contributed by atoms with Gasteiger partial charge < -0.3 is 10.4 Å². The van der Waals surface area contributed by atoms with Crippen molar-refractivity contribution in [3.63, 3.8) is 0 Å². The van der Waals surface area contributed by atoms with Gasteiger partial charge in [0.1, 0.15) is 0 Å². The molecule has 0 spiro atoms. The Balaban J connectivity index is 2.58. The van der Waals surface area contributed by atoms with E-state index >= 15 is 0 Å². The number of halogens is 1. The zero-order valence-electron chi connectivity index (χ0n) is 7.98. The van der Waals surface area contributed by atoms with Crippen molar-refractivity contribution in [1.29, 1.82) is 0 Å². The topological polar surface area (TPSA) is 49.3 Å². The molecule has 0 atom stereocenters. The maximum Gasteiger partial charge on any atom is 0.297 e. The fraction of sp³-hybridized carbons (Fsp3) is 0.700. The average molecular weight is 260 g/mol. The van der Waals surface area contributed by atoms with Crippen LogP contribution in [-0.2, 0) is 4.79 Å². The summed E-state index contributed by atoms with van der Waals surface area (Å²) in [6.45, 7) is 0.00268. The average Bonchev–Trinajstić information content (AvgIpc) is 2.19. The summed E-state index contributed by atoms with van der Waals surface area (Å²) in [5.41, 5.74) is -0.424. The molecule has 0 radical (unpaired) electrons. The van der Waals surface area contributed by atoms with Gasteiger partial charge in [0.15, 0.2) is 0 Å². The minimum Gasteiger partial charge on any atom is -0.394 e. The van der Waals surface area contributed by atoms with Gasteiger partial charge in [-0.3, -0.25) is 4.79 Å². The molecule has 1 aliphatic rings. The Bertz CT molecular complexity index is 261. The molecule has 4 heteroatoms. The van der Waals surface area contributed by atoms with E-state index in [1.54, 1.807) is 0 Å². The van der Waals surface area contributed by atoms with Gasteiger partial charge in [-0.25, -0.2) is 0 Å². The molecule has 2 N–H and O–H groups in total. The highest BCUT2D eigenvalue weighted by Gasteiger charge is 2.32. The fourth-order valence-corrected chi connectivity index (χ4v) is 2.05. The van der Waals surface area contributed by atoms with Gasteiger partial charge in [0.25, 0.3) is 5.91 Å². The van der Waals surface area contributed by atoms with Crippen molar-refractivity contribution in [2.24, 2.45) is 0 Å². The Morgan fingerprint density at radius 3 is 2.57 bits per heavy atom. The summed E-state index contributed by atoms with van der Waals surface area (Å²) in [7, 11) is 0. The summed E-state index contributed by atoms with van der Waals surface area (Å²) in [6, 6.07) is 0. The number of hydrogen-bond donors (Lipinski definition) is 2. The lowest BCUT2D eigenvalue weighted by molar-refractivity contribution is -0.118. The maximum absolute atomic E-state index is 11.2. The summed E-state index contributed by atoms with van der Waals surface area (Å²) < 4.78 is 0. The van der Waals surface area contributed by atoms with E-state index in [-0.39, 0.29) is 12.5 Å². The smallest absolute Gasteiger partial charge is 0.297 e. The van der Waals surface area contributed by atoms with Gasteiger partial charge in [-0.15, -0.1) is 0 Å². The molecule has 0 saturated heterocycles. The molecular formula is C10H14BrNO2. The third-order valence-electron chi connectivity index (χ3n) is 2.65. The van der Waals surface area contributed by atoms with Crippen LogP contribution in [0.3, 0.4) is 0 Å². The molecular weight excluding hydrogens is 246 g/mol. The van der Waals surface area contributed by atoms with E-state index in [2.05, 4.69) is 32.0 Å². The lowest BCUT2D eigenvalue weighted by Gasteiger charge is -2.35. The van der Waals surface area contributed by atoms with Crippen LogP contribution in [0.2, 0.25) is 0 Å². The number of hydrogen-bond acceptors (Lipinski definition) is 2. The number of aliphatic hydroxyl groups is 1. The number of carbonyl (C=O) groups is 1. The number of amides is 1. The molecule has 0 bridgehead atoms. The molecule has 1 amide bonds. The normalized spacial score (nSPS) is 19.3. The highest BCUT2D eigenvalue weighted by molar-refractivity contribution is 9.12. The van der Waals surface area contributed by atoms with Crippen LogP contribution in [0.15, 0.2) is 0 Å². The third kappa shape index (κ3) is 3.00. The first-order valence-corrected chi connectivity index (χ1v) is 5.56. The molecule has 78 valence electrons. The predicted molar refractivity (Wildman–Crippen MR) is 57.7 cm³/mol. The van der Waals surface area contributed by atoms with Crippen LogP contribution in [0.25, 0.3) is 0 Å². The van der Waals surface area contributed by atoms with Gasteiger partial charge in [-0.05, 0) is 17.7 Å². The van der Waals surface area contributed by atoms with Crippen LogP contribution in [0, 0.1) is 10.8 Å². The fourth-order valence-electron chi connectivity index (χ4n) is 1.87. The molecule has 0 aliphatic heterocycles. The molecule has 14 heavy (non-hydrogen) atoms. The van der Waals surface area contributed by atoms with E-state index in [0.717, 1.165) is 25.7 Å². The minimum absolute atomic E-state index is 0.00268. The first kappa shape index (κ1) is 11.5. The minimum atomic E-state index is -0.424. The molecule has 1 saturated carbocycles. The molecule has 0 unspecified atom stereocenters.